The van der Waals surface area contributed by atoms with E-state index in [-0.39, 0.29) is 5.78 Å². The third-order valence-electron chi connectivity index (χ3n) is 3.26. The maximum atomic E-state index is 12.0. The van der Waals surface area contributed by atoms with Gasteiger partial charge in [-0.05, 0) is 23.8 Å². The Morgan fingerprint density at radius 1 is 1.32 bits per heavy atom. The number of anilines is 1. The normalized spacial score (nSPS) is 15.2. The minimum Gasteiger partial charge on any atom is -0.363 e. The first-order valence-electron chi connectivity index (χ1n) is 6.34. The van der Waals surface area contributed by atoms with Gasteiger partial charge in [0.1, 0.15) is 0 Å². The summed E-state index contributed by atoms with van der Waals surface area (Å²) in [6, 6.07) is 7.73. The molecule has 2 aromatic rings. The van der Waals surface area contributed by atoms with E-state index in [0.29, 0.717) is 18.8 Å². The van der Waals surface area contributed by atoms with Gasteiger partial charge in [0.05, 0.1) is 13.6 Å². The molecule has 0 fully saturated rings. The van der Waals surface area contributed by atoms with Crippen LogP contribution in [0.5, 0.6) is 0 Å². The van der Waals surface area contributed by atoms with Gasteiger partial charge in [-0.2, -0.15) is 4.80 Å². The number of fused-ring (bicyclic) bond motifs is 1. The van der Waals surface area contributed by atoms with E-state index in [2.05, 4.69) is 20.3 Å². The highest BCUT2D eigenvalue weighted by molar-refractivity contribution is 6.01. The second-order valence-corrected chi connectivity index (χ2v) is 4.66. The van der Waals surface area contributed by atoms with Crippen LogP contribution in [-0.4, -0.2) is 32.5 Å². The quantitative estimate of drug-likeness (QED) is 0.808. The average Bonchev–Trinajstić information content (AvgIpc) is 2.75. The van der Waals surface area contributed by atoms with Gasteiger partial charge in [0.15, 0.2) is 11.6 Å². The molecule has 19 heavy (non-hydrogen) atoms. The molecule has 3 rings (SSSR count). The summed E-state index contributed by atoms with van der Waals surface area (Å²) in [5, 5.41) is 12.0. The van der Waals surface area contributed by atoms with Crippen molar-refractivity contribution in [2.75, 3.05) is 11.4 Å². The van der Waals surface area contributed by atoms with Crippen molar-refractivity contribution in [1.82, 2.24) is 20.2 Å². The Morgan fingerprint density at radius 3 is 2.95 bits per heavy atom. The van der Waals surface area contributed by atoms with Gasteiger partial charge in [0, 0.05) is 24.2 Å². The molecule has 0 bridgehead atoms. The first-order chi connectivity index (χ1) is 9.24. The number of hydrogen-bond donors (Lipinski definition) is 0. The lowest BCUT2D eigenvalue weighted by atomic mass is 10.1. The molecule has 0 saturated heterocycles. The first-order valence-corrected chi connectivity index (χ1v) is 6.34. The minimum absolute atomic E-state index is 0.213. The van der Waals surface area contributed by atoms with E-state index in [0.717, 1.165) is 24.2 Å². The van der Waals surface area contributed by atoms with Gasteiger partial charge < -0.3 is 4.90 Å². The smallest absolute Gasteiger partial charge is 0.193 e. The number of rotatable bonds is 2. The molecule has 6 heteroatoms. The third-order valence-corrected chi connectivity index (χ3v) is 3.26. The molecule has 0 atom stereocenters. The number of hydrogen-bond acceptors (Lipinski definition) is 5. The van der Waals surface area contributed by atoms with Gasteiger partial charge in [-0.3, -0.25) is 4.79 Å². The van der Waals surface area contributed by atoms with Crippen LogP contribution in [0.15, 0.2) is 24.3 Å². The zero-order chi connectivity index (χ0) is 13.2. The lowest BCUT2D eigenvalue weighted by Crippen LogP contribution is -2.24. The number of nitrogens with zero attached hydrogens (tertiary/aromatic N) is 5. The molecular formula is C13H15N5O. The standard InChI is InChI=1S/C13H15N5O/c1-17-15-13(14-16-17)9-18-8-4-7-12(19)10-5-2-3-6-11(10)18/h2-3,5-6H,4,7-9H2,1H3. The van der Waals surface area contributed by atoms with Crippen LogP contribution in [0.1, 0.15) is 29.0 Å². The predicted octanol–water partition coefficient (Wildman–Crippen LogP) is 1.19. The molecule has 0 N–H and O–H groups in total. The number of para-hydroxylation sites is 1. The molecule has 0 spiro atoms. The molecule has 6 nitrogen and oxygen atoms in total. The lowest BCUT2D eigenvalue weighted by molar-refractivity contribution is 0.0984. The first kappa shape index (κ1) is 11.8. The largest absolute Gasteiger partial charge is 0.363 e. The number of aryl methyl sites for hydroxylation is 1. The van der Waals surface area contributed by atoms with Gasteiger partial charge in [-0.15, -0.1) is 10.2 Å². The van der Waals surface area contributed by atoms with Gasteiger partial charge in [0.25, 0.3) is 0 Å². The maximum Gasteiger partial charge on any atom is 0.193 e. The number of tetrazole rings is 1. The molecule has 0 amide bonds. The molecule has 1 aliphatic heterocycles. The van der Waals surface area contributed by atoms with Crippen molar-refractivity contribution >= 4 is 11.5 Å². The molecule has 1 aromatic heterocycles. The fourth-order valence-corrected chi connectivity index (χ4v) is 2.39. The van der Waals surface area contributed by atoms with Crippen molar-refractivity contribution in [2.45, 2.75) is 19.4 Å². The molecular weight excluding hydrogens is 242 g/mol. The summed E-state index contributed by atoms with van der Waals surface area (Å²) < 4.78 is 0. The second kappa shape index (κ2) is 4.79. The molecule has 0 aliphatic carbocycles. The van der Waals surface area contributed by atoms with Crippen LogP contribution < -0.4 is 4.90 Å². The van der Waals surface area contributed by atoms with Crippen LogP contribution in [0.3, 0.4) is 0 Å². The van der Waals surface area contributed by atoms with Crippen molar-refractivity contribution in [3.8, 4) is 0 Å². The summed E-state index contributed by atoms with van der Waals surface area (Å²) in [4.78, 5) is 15.6. The molecule has 0 radical (unpaired) electrons. The van der Waals surface area contributed by atoms with Crippen LogP contribution in [0.25, 0.3) is 0 Å². The SMILES string of the molecule is Cn1nnc(CN2CCCC(=O)c3ccccc32)n1. The van der Waals surface area contributed by atoms with Crippen LogP contribution in [-0.2, 0) is 13.6 Å². The van der Waals surface area contributed by atoms with E-state index in [1.54, 1.807) is 7.05 Å². The Labute approximate surface area is 111 Å². The molecule has 2 heterocycles. The van der Waals surface area contributed by atoms with Gasteiger partial charge >= 0.3 is 0 Å². The average molecular weight is 257 g/mol. The monoisotopic (exact) mass is 257 g/mol. The Kier molecular flexibility index (Phi) is 2.98. The fraction of sp³-hybridized carbons (Fsp3) is 0.385. The Morgan fingerprint density at radius 2 is 2.16 bits per heavy atom. The van der Waals surface area contributed by atoms with Crippen LogP contribution in [0.4, 0.5) is 5.69 Å². The highest BCUT2D eigenvalue weighted by Gasteiger charge is 2.21. The number of benzene rings is 1. The van der Waals surface area contributed by atoms with Gasteiger partial charge in [-0.25, -0.2) is 0 Å². The van der Waals surface area contributed by atoms with E-state index in [1.807, 2.05) is 24.3 Å². The lowest BCUT2D eigenvalue weighted by Gasteiger charge is -2.22. The summed E-state index contributed by atoms with van der Waals surface area (Å²) >= 11 is 0. The number of Topliss-reactive ketones (excluding diaryl/α,β-unsaturated/α-hetero) is 1. The van der Waals surface area contributed by atoms with Crippen molar-refractivity contribution in [1.29, 1.82) is 0 Å². The molecule has 0 unspecified atom stereocenters. The van der Waals surface area contributed by atoms with Crippen molar-refractivity contribution in [3.63, 3.8) is 0 Å². The molecule has 0 saturated carbocycles. The van der Waals surface area contributed by atoms with E-state index >= 15 is 0 Å². The van der Waals surface area contributed by atoms with E-state index in [4.69, 9.17) is 0 Å². The predicted molar refractivity (Wildman–Crippen MR) is 69.9 cm³/mol. The topological polar surface area (TPSA) is 63.9 Å². The zero-order valence-corrected chi connectivity index (χ0v) is 10.8. The Balaban J connectivity index is 1.93. The molecule has 98 valence electrons. The van der Waals surface area contributed by atoms with Crippen molar-refractivity contribution < 1.29 is 4.79 Å². The fourth-order valence-electron chi connectivity index (χ4n) is 2.39. The number of carbonyl (C=O) groups excluding carboxylic acids is 1. The Bertz CT molecular complexity index is 607. The highest BCUT2D eigenvalue weighted by atomic mass is 16.1. The molecule has 1 aromatic carbocycles. The van der Waals surface area contributed by atoms with E-state index < -0.39 is 0 Å². The summed E-state index contributed by atoms with van der Waals surface area (Å²) in [6.45, 7) is 1.42. The van der Waals surface area contributed by atoms with Crippen molar-refractivity contribution in [3.05, 3.63) is 35.7 Å². The van der Waals surface area contributed by atoms with Crippen LogP contribution in [0.2, 0.25) is 0 Å². The van der Waals surface area contributed by atoms with E-state index in [1.165, 1.54) is 4.80 Å². The highest BCUT2D eigenvalue weighted by Crippen LogP contribution is 2.26. The van der Waals surface area contributed by atoms with Gasteiger partial charge in [0.2, 0.25) is 0 Å². The summed E-state index contributed by atoms with van der Waals surface area (Å²) in [5.41, 5.74) is 1.77. The zero-order valence-electron chi connectivity index (χ0n) is 10.8. The number of ketones is 1. The van der Waals surface area contributed by atoms with Crippen molar-refractivity contribution in [2.24, 2.45) is 7.05 Å². The Hall–Kier alpha value is -2.24. The maximum absolute atomic E-state index is 12.0. The third kappa shape index (κ3) is 2.33. The summed E-state index contributed by atoms with van der Waals surface area (Å²) in [7, 11) is 1.75. The van der Waals surface area contributed by atoms with Crippen LogP contribution >= 0.6 is 0 Å². The van der Waals surface area contributed by atoms with Gasteiger partial charge in [-0.1, -0.05) is 12.1 Å². The van der Waals surface area contributed by atoms with E-state index in [9.17, 15) is 4.79 Å². The summed E-state index contributed by atoms with van der Waals surface area (Å²) in [5.74, 6) is 0.886. The summed E-state index contributed by atoms with van der Waals surface area (Å²) in [6.07, 6.45) is 1.45. The second-order valence-electron chi connectivity index (χ2n) is 4.66. The minimum atomic E-state index is 0.213. The number of carbonyl (C=O) groups is 1. The molecule has 1 aliphatic rings. The van der Waals surface area contributed by atoms with Crippen LogP contribution in [0, 0.1) is 0 Å². The number of aromatic nitrogens is 4.